The van der Waals surface area contributed by atoms with Gasteiger partial charge in [0.05, 0.1) is 33.6 Å². The van der Waals surface area contributed by atoms with Crippen molar-refractivity contribution in [2.75, 3.05) is 7.05 Å². The molecule has 1 aliphatic heterocycles. The molecule has 0 amide bonds. The molecule has 1 aliphatic carbocycles. The molecular weight excluding hydrogens is 390 g/mol. The van der Waals surface area contributed by atoms with E-state index in [-0.39, 0.29) is 5.25 Å². The molecule has 0 spiro atoms. The van der Waals surface area contributed by atoms with Gasteiger partial charge in [0, 0.05) is 30.4 Å². The first kappa shape index (κ1) is 21.0. The first-order valence-electron chi connectivity index (χ1n) is 10.8. The molecule has 1 saturated carbocycles. The van der Waals surface area contributed by atoms with Gasteiger partial charge in [-0.3, -0.25) is 4.98 Å². The Bertz CT molecular complexity index is 994. The number of allylic oxidation sites excluding steroid dienone is 1. The zero-order valence-electron chi connectivity index (χ0n) is 17.9. The second-order valence-electron chi connectivity index (χ2n) is 8.49. The quantitative estimate of drug-likeness (QED) is 0.697. The van der Waals surface area contributed by atoms with E-state index in [9.17, 15) is 9.47 Å². The van der Waals surface area contributed by atoms with Gasteiger partial charge in [0.2, 0.25) is 0 Å². The largest absolute Gasteiger partial charge is 0.256 e. The van der Waals surface area contributed by atoms with E-state index in [0.717, 1.165) is 36.1 Å². The van der Waals surface area contributed by atoms with Crippen molar-refractivity contribution in [3.63, 3.8) is 0 Å². The third-order valence-electron chi connectivity index (χ3n) is 7.07. The molecule has 5 unspecified atom stereocenters. The number of pyridine rings is 1. The number of fused-ring (bicyclic) bond motifs is 1. The first-order chi connectivity index (χ1) is 14.5. The molecule has 2 fully saturated rings. The van der Waals surface area contributed by atoms with Gasteiger partial charge < -0.3 is 0 Å². The molecule has 30 heavy (non-hydrogen) atoms. The lowest BCUT2D eigenvalue weighted by atomic mass is 9.68. The number of aromatic nitrogens is 1. The molecule has 1 aromatic carbocycles. The van der Waals surface area contributed by atoms with E-state index in [1.165, 1.54) is 0 Å². The van der Waals surface area contributed by atoms with Crippen molar-refractivity contribution in [1.82, 2.24) is 9.29 Å². The predicted molar refractivity (Wildman–Crippen MR) is 123 cm³/mol. The number of hydrogen-bond acceptors (Lipinski definition) is 3. The van der Waals surface area contributed by atoms with Crippen molar-refractivity contribution >= 4 is 17.1 Å². The number of hydrogen-bond donors (Lipinski definition) is 0. The number of nitrogens with zero attached hydrogens (tertiary/aromatic N) is 3. The third kappa shape index (κ3) is 3.75. The van der Waals surface area contributed by atoms with Crippen molar-refractivity contribution < 1.29 is 4.21 Å². The average Bonchev–Trinajstić information content (AvgIpc) is 3.01. The Kier molecular flexibility index (Phi) is 6.17. The summed E-state index contributed by atoms with van der Waals surface area (Å²) in [5.41, 5.74) is 3.45. The number of nitriles is 1. The second kappa shape index (κ2) is 8.83. The Balaban J connectivity index is 1.57. The van der Waals surface area contributed by atoms with Crippen LogP contribution in [0.15, 0.2) is 48.7 Å². The lowest BCUT2D eigenvalue weighted by Gasteiger charge is -2.38. The fraction of sp³-hybridized carbons (Fsp3) is 0.440. The number of benzene rings is 1. The molecular formula is C25H29N3OS. The van der Waals surface area contributed by atoms with Gasteiger partial charge >= 0.3 is 0 Å². The lowest BCUT2D eigenvalue weighted by Crippen LogP contribution is -2.39. The van der Waals surface area contributed by atoms with E-state index in [1.54, 1.807) is 0 Å². The van der Waals surface area contributed by atoms with E-state index < -0.39 is 11.0 Å². The summed E-state index contributed by atoms with van der Waals surface area (Å²) in [6, 6.07) is 14.2. The van der Waals surface area contributed by atoms with Crippen LogP contribution in [0.1, 0.15) is 44.4 Å². The third-order valence-corrected chi connectivity index (χ3v) is 9.04. The zero-order chi connectivity index (χ0) is 21.3. The molecule has 1 saturated heterocycles. The molecule has 0 bridgehead atoms. The summed E-state index contributed by atoms with van der Waals surface area (Å²) in [4.78, 5) is 4.63. The molecule has 4 rings (SSSR count). The SMILES string of the molecule is CCC1CCC2C(C(C)N(C)S2=O)[C@H]1/C=C/c1ccc(-c2ccccc2C#N)cn1. The van der Waals surface area contributed by atoms with Gasteiger partial charge in [-0.25, -0.2) is 8.51 Å². The van der Waals surface area contributed by atoms with Crippen LogP contribution in [0.3, 0.4) is 0 Å². The van der Waals surface area contributed by atoms with Gasteiger partial charge in [0.15, 0.2) is 0 Å². The molecule has 0 radical (unpaired) electrons. The molecule has 2 heterocycles. The van der Waals surface area contributed by atoms with E-state index >= 15 is 0 Å². The highest BCUT2D eigenvalue weighted by Crippen LogP contribution is 2.47. The van der Waals surface area contributed by atoms with E-state index in [1.807, 2.05) is 49.6 Å². The molecule has 2 aliphatic rings. The van der Waals surface area contributed by atoms with E-state index in [2.05, 4.69) is 41.4 Å². The monoisotopic (exact) mass is 419 g/mol. The van der Waals surface area contributed by atoms with Crippen molar-refractivity contribution in [3.8, 4) is 17.2 Å². The van der Waals surface area contributed by atoms with Gasteiger partial charge in [-0.2, -0.15) is 5.26 Å². The van der Waals surface area contributed by atoms with Gasteiger partial charge in [-0.05, 0) is 55.7 Å². The molecule has 6 atom stereocenters. The van der Waals surface area contributed by atoms with Crippen molar-refractivity contribution in [2.45, 2.75) is 44.4 Å². The number of rotatable bonds is 4. The van der Waals surface area contributed by atoms with Crippen LogP contribution in [0.25, 0.3) is 17.2 Å². The van der Waals surface area contributed by atoms with Crippen LogP contribution in [0, 0.1) is 29.1 Å². The van der Waals surface area contributed by atoms with Crippen LogP contribution in [-0.4, -0.2) is 31.8 Å². The smallest absolute Gasteiger partial charge is 0.0998 e. The normalized spacial score (nSPS) is 31.5. The Labute approximate surface area is 182 Å². The fourth-order valence-electron chi connectivity index (χ4n) is 5.28. The second-order valence-corrected chi connectivity index (χ2v) is 10.2. The summed E-state index contributed by atoms with van der Waals surface area (Å²) in [6.07, 6.45) is 9.67. The first-order valence-corrected chi connectivity index (χ1v) is 12.0. The lowest BCUT2D eigenvalue weighted by molar-refractivity contribution is 0.161. The minimum atomic E-state index is -0.870. The minimum Gasteiger partial charge on any atom is -0.256 e. The molecule has 1 aromatic heterocycles. The fourth-order valence-corrected chi connectivity index (χ4v) is 7.19. The van der Waals surface area contributed by atoms with Gasteiger partial charge in [-0.15, -0.1) is 0 Å². The van der Waals surface area contributed by atoms with E-state index in [0.29, 0.717) is 29.4 Å². The zero-order valence-corrected chi connectivity index (χ0v) is 18.7. The average molecular weight is 420 g/mol. The van der Waals surface area contributed by atoms with Crippen LogP contribution in [-0.2, 0) is 11.0 Å². The summed E-state index contributed by atoms with van der Waals surface area (Å²) in [7, 11) is 1.13. The summed E-state index contributed by atoms with van der Waals surface area (Å²) >= 11 is 0. The maximum absolute atomic E-state index is 12.8. The Morgan fingerprint density at radius 1 is 1.27 bits per heavy atom. The molecule has 2 aromatic rings. The standard InChI is InChI=1S/C25H29N3OS/c1-4-18-10-14-24-25(17(2)28(3)30(24)29)23(18)13-12-21-11-9-20(16-27-21)22-8-6-5-7-19(22)15-26/h5-9,11-13,16-18,23-25H,4,10,14H2,1-3H3/b13-12+/t17?,18?,23-,24?,25?,30?/m0/s1. The van der Waals surface area contributed by atoms with Crippen molar-refractivity contribution in [2.24, 2.45) is 17.8 Å². The van der Waals surface area contributed by atoms with Crippen molar-refractivity contribution in [3.05, 3.63) is 59.9 Å². The maximum atomic E-state index is 12.8. The molecule has 4 nitrogen and oxygen atoms in total. The van der Waals surface area contributed by atoms with Gasteiger partial charge in [0.25, 0.3) is 0 Å². The Hall–Kier alpha value is -2.29. The van der Waals surface area contributed by atoms with Gasteiger partial charge in [-0.1, -0.05) is 43.7 Å². The van der Waals surface area contributed by atoms with Crippen LogP contribution >= 0.6 is 0 Å². The highest BCUT2D eigenvalue weighted by atomic mass is 32.2. The predicted octanol–water partition coefficient (Wildman–Crippen LogP) is 5.05. The summed E-state index contributed by atoms with van der Waals surface area (Å²) in [5, 5.41) is 9.62. The maximum Gasteiger partial charge on any atom is 0.0998 e. The highest BCUT2D eigenvalue weighted by Gasteiger charge is 2.50. The highest BCUT2D eigenvalue weighted by molar-refractivity contribution is 7.83. The topological polar surface area (TPSA) is 57.0 Å². The summed E-state index contributed by atoms with van der Waals surface area (Å²) in [6.45, 7) is 4.49. The van der Waals surface area contributed by atoms with Crippen LogP contribution in [0.4, 0.5) is 0 Å². The van der Waals surface area contributed by atoms with Gasteiger partial charge in [0.1, 0.15) is 0 Å². The Morgan fingerprint density at radius 3 is 2.77 bits per heavy atom. The van der Waals surface area contributed by atoms with E-state index in [4.69, 9.17) is 0 Å². The van der Waals surface area contributed by atoms with Crippen LogP contribution < -0.4 is 0 Å². The molecule has 156 valence electrons. The molecule has 0 N–H and O–H groups in total. The van der Waals surface area contributed by atoms with Crippen LogP contribution in [0.5, 0.6) is 0 Å². The van der Waals surface area contributed by atoms with Crippen LogP contribution in [0.2, 0.25) is 0 Å². The Morgan fingerprint density at radius 2 is 2.07 bits per heavy atom. The molecule has 5 heteroatoms. The summed E-state index contributed by atoms with van der Waals surface area (Å²) in [5.74, 6) is 1.50. The summed E-state index contributed by atoms with van der Waals surface area (Å²) < 4.78 is 14.8. The minimum absolute atomic E-state index is 0.278. The van der Waals surface area contributed by atoms with Crippen molar-refractivity contribution in [1.29, 1.82) is 5.26 Å².